The van der Waals surface area contributed by atoms with Gasteiger partial charge < -0.3 is 0 Å². The molecule has 1 aliphatic carbocycles. The maximum Gasteiger partial charge on any atom is 0.267 e. The van der Waals surface area contributed by atoms with Crippen molar-refractivity contribution in [2.75, 3.05) is 4.72 Å². The van der Waals surface area contributed by atoms with E-state index < -0.39 is 10.0 Å². The fourth-order valence-electron chi connectivity index (χ4n) is 3.63. The van der Waals surface area contributed by atoms with Crippen LogP contribution in [0.25, 0.3) is 0 Å². The van der Waals surface area contributed by atoms with E-state index in [0.29, 0.717) is 12.1 Å². The fourth-order valence-corrected chi connectivity index (χ4v) is 4.70. The standard InChI is InChI=1S/C21H21N3O3S/c25-21-19-12-5-4-11-18(19)20(22-23-21)14-15-7-6-8-16(13-15)24-28(26,27)17-9-2-1-3-10-17/h1-3,6-10,13,24H,4-5,11-12,14H2,(H,23,25). The van der Waals surface area contributed by atoms with Crippen LogP contribution in [0.2, 0.25) is 0 Å². The van der Waals surface area contributed by atoms with Crippen LogP contribution < -0.4 is 10.3 Å². The topological polar surface area (TPSA) is 91.9 Å². The van der Waals surface area contributed by atoms with Crippen LogP contribution in [0.4, 0.5) is 5.69 Å². The van der Waals surface area contributed by atoms with Gasteiger partial charge in [0, 0.05) is 17.7 Å². The second-order valence-corrected chi connectivity index (χ2v) is 8.64. The first kappa shape index (κ1) is 18.4. The van der Waals surface area contributed by atoms with E-state index in [4.69, 9.17) is 0 Å². The molecule has 0 fully saturated rings. The van der Waals surface area contributed by atoms with Crippen molar-refractivity contribution < 1.29 is 8.42 Å². The minimum Gasteiger partial charge on any atom is -0.280 e. The van der Waals surface area contributed by atoms with E-state index in [1.807, 2.05) is 18.2 Å². The number of nitrogens with zero attached hydrogens (tertiary/aromatic N) is 1. The van der Waals surface area contributed by atoms with Crippen molar-refractivity contribution in [3.8, 4) is 0 Å². The number of sulfonamides is 1. The van der Waals surface area contributed by atoms with E-state index in [9.17, 15) is 13.2 Å². The fraction of sp³-hybridized carbons (Fsp3) is 0.238. The molecule has 0 bridgehead atoms. The summed E-state index contributed by atoms with van der Waals surface area (Å²) < 4.78 is 27.7. The van der Waals surface area contributed by atoms with Gasteiger partial charge in [-0.15, -0.1) is 0 Å². The van der Waals surface area contributed by atoms with E-state index >= 15 is 0 Å². The Morgan fingerprint density at radius 3 is 2.50 bits per heavy atom. The maximum absolute atomic E-state index is 12.5. The van der Waals surface area contributed by atoms with E-state index in [1.165, 1.54) is 0 Å². The van der Waals surface area contributed by atoms with Crippen molar-refractivity contribution in [3.63, 3.8) is 0 Å². The zero-order valence-corrected chi connectivity index (χ0v) is 16.1. The number of nitrogens with one attached hydrogen (secondary N) is 2. The third kappa shape index (κ3) is 3.84. The Labute approximate surface area is 163 Å². The number of aromatic nitrogens is 2. The Balaban J connectivity index is 1.60. The molecule has 4 rings (SSSR count). The lowest BCUT2D eigenvalue weighted by atomic mass is 9.90. The quantitative estimate of drug-likeness (QED) is 0.695. The average Bonchev–Trinajstić information content (AvgIpc) is 2.71. The molecule has 2 N–H and O–H groups in total. The number of H-pyrrole nitrogens is 1. The molecule has 0 unspecified atom stereocenters. The van der Waals surface area contributed by atoms with E-state index in [2.05, 4.69) is 14.9 Å². The summed E-state index contributed by atoms with van der Waals surface area (Å²) in [7, 11) is -3.64. The summed E-state index contributed by atoms with van der Waals surface area (Å²) in [4.78, 5) is 12.2. The minimum absolute atomic E-state index is 0.0946. The van der Waals surface area contributed by atoms with Crippen molar-refractivity contribution in [3.05, 3.63) is 87.3 Å². The summed E-state index contributed by atoms with van der Waals surface area (Å²) in [5.74, 6) is 0. The Bertz CT molecular complexity index is 1160. The van der Waals surface area contributed by atoms with Crippen LogP contribution in [-0.4, -0.2) is 18.6 Å². The Kier molecular flexibility index (Phi) is 5.00. The predicted molar refractivity (Wildman–Crippen MR) is 108 cm³/mol. The number of rotatable bonds is 5. The van der Waals surface area contributed by atoms with Gasteiger partial charge in [-0.25, -0.2) is 13.5 Å². The molecule has 0 saturated carbocycles. The molecule has 3 aromatic rings. The van der Waals surface area contributed by atoms with Crippen molar-refractivity contribution in [2.24, 2.45) is 0 Å². The predicted octanol–water partition coefficient (Wildman–Crippen LogP) is 3.04. The molecule has 2 aromatic carbocycles. The van der Waals surface area contributed by atoms with Crippen LogP contribution >= 0.6 is 0 Å². The second kappa shape index (κ2) is 7.59. The minimum atomic E-state index is -3.64. The smallest absolute Gasteiger partial charge is 0.267 e. The highest BCUT2D eigenvalue weighted by molar-refractivity contribution is 7.92. The van der Waals surface area contributed by atoms with Crippen molar-refractivity contribution in [1.82, 2.24) is 10.2 Å². The molecule has 7 heteroatoms. The van der Waals surface area contributed by atoms with E-state index in [1.54, 1.807) is 36.4 Å². The van der Waals surface area contributed by atoms with Crippen molar-refractivity contribution in [1.29, 1.82) is 0 Å². The van der Waals surface area contributed by atoms with Gasteiger partial charge in [-0.1, -0.05) is 30.3 Å². The van der Waals surface area contributed by atoms with Crippen LogP contribution in [0.1, 0.15) is 35.2 Å². The summed E-state index contributed by atoms with van der Waals surface area (Å²) >= 11 is 0. The molecule has 28 heavy (non-hydrogen) atoms. The Morgan fingerprint density at radius 2 is 1.71 bits per heavy atom. The molecular weight excluding hydrogens is 374 g/mol. The first-order valence-corrected chi connectivity index (χ1v) is 10.8. The van der Waals surface area contributed by atoms with Gasteiger partial charge in [-0.2, -0.15) is 5.10 Å². The molecule has 0 saturated heterocycles. The van der Waals surface area contributed by atoms with Gasteiger partial charge in [0.15, 0.2) is 0 Å². The largest absolute Gasteiger partial charge is 0.280 e. The Morgan fingerprint density at radius 1 is 0.964 bits per heavy atom. The molecule has 1 aliphatic rings. The number of anilines is 1. The molecule has 0 amide bonds. The van der Waals surface area contributed by atoms with E-state index in [-0.39, 0.29) is 10.5 Å². The molecule has 6 nitrogen and oxygen atoms in total. The monoisotopic (exact) mass is 395 g/mol. The summed E-state index contributed by atoms with van der Waals surface area (Å²) in [6, 6.07) is 15.6. The number of aromatic amines is 1. The SMILES string of the molecule is O=c1[nH]nc(Cc2cccc(NS(=O)(=O)c3ccccc3)c2)c2c1CCCC2. The molecule has 0 aliphatic heterocycles. The highest BCUT2D eigenvalue weighted by Crippen LogP contribution is 2.23. The van der Waals surface area contributed by atoms with Gasteiger partial charge in [0.25, 0.3) is 15.6 Å². The van der Waals surface area contributed by atoms with Gasteiger partial charge in [-0.3, -0.25) is 9.52 Å². The summed E-state index contributed by atoms with van der Waals surface area (Å²) in [6.45, 7) is 0. The van der Waals surface area contributed by atoms with Gasteiger partial charge in [0.05, 0.1) is 10.6 Å². The third-order valence-corrected chi connectivity index (χ3v) is 6.38. The highest BCUT2D eigenvalue weighted by atomic mass is 32.2. The molecular formula is C21H21N3O3S. The molecule has 0 atom stereocenters. The van der Waals surface area contributed by atoms with Crippen LogP contribution in [0.5, 0.6) is 0 Å². The first-order valence-electron chi connectivity index (χ1n) is 9.29. The highest BCUT2D eigenvalue weighted by Gasteiger charge is 2.18. The lowest BCUT2D eigenvalue weighted by Gasteiger charge is -2.17. The third-order valence-electron chi connectivity index (χ3n) is 4.99. The molecule has 144 valence electrons. The Hall–Kier alpha value is -2.93. The first-order chi connectivity index (χ1) is 13.5. The average molecular weight is 395 g/mol. The van der Waals surface area contributed by atoms with Gasteiger partial charge in [0.2, 0.25) is 0 Å². The van der Waals surface area contributed by atoms with Gasteiger partial charge in [0.1, 0.15) is 0 Å². The van der Waals surface area contributed by atoms with Crippen LogP contribution in [0, 0.1) is 0 Å². The second-order valence-electron chi connectivity index (χ2n) is 6.96. The lowest BCUT2D eigenvalue weighted by molar-refractivity contribution is 0.601. The van der Waals surface area contributed by atoms with E-state index in [0.717, 1.165) is 48.1 Å². The summed E-state index contributed by atoms with van der Waals surface area (Å²) in [5, 5.41) is 6.87. The summed E-state index contributed by atoms with van der Waals surface area (Å²) in [5.41, 5.74) is 4.09. The molecule has 1 aromatic heterocycles. The lowest BCUT2D eigenvalue weighted by Crippen LogP contribution is -2.23. The van der Waals surface area contributed by atoms with Crippen LogP contribution in [0.15, 0.2) is 64.3 Å². The zero-order chi connectivity index (χ0) is 19.6. The summed E-state index contributed by atoms with van der Waals surface area (Å²) in [6.07, 6.45) is 4.28. The molecule has 0 radical (unpaired) electrons. The number of hydrogen-bond acceptors (Lipinski definition) is 4. The number of fused-ring (bicyclic) bond motifs is 1. The molecule has 1 heterocycles. The maximum atomic E-state index is 12.5. The normalized spacial score (nSPS) is 13.7. The molecule has 0 spiro atoms. The van der Waals surface area contributed by atoms with Gasteiger partial charge >= 0.3 is 0 Å². The van der Waals surface area contributed by atoms with Crippen LogP contribution in [0.3, 0.4) is 0 Å². The van der Waals surface area contributed by atoms with Crippen molar-refractivity contribution >= 4 is 15.7 Å². The van der Waals surface area contributed by atoms with Gasteiger partial charge in [-0.05, 0) is 61.1 Å². The zero-order valence-electron chi connectivity index (χ0n) is 15.3. The number of benzene rings is 2. The number of hydrogen-bond donors (Lipinski definition) is 2. The van der Waals surface area contributed by atoms with Crippen molar-refractivity contribution in [2.45, 2.75) is 37.0 Å². The van der Waals surface area contributed by atoms with Crippen LogP contribution in [-0.2, 0) is 29.3 Å².